The van der Waals surface area contributed by atoms with Gasteiger partial charge in [0.15, 0.2) is 0 Å². The predicted octanol–water partition coefficient (Wildman–Crippen LogP) is 5.65. The summed E-state index contributed by atoms with van der Waals surface area (Å²) >= 11 is 1.44. The molecule has 0 fully saturated rings. The number of amides is 2. The first-order valence-electron chi connectivity index (χ1n) is 9.23. The molecule has 0 spiro atoms. The zero-order valence-corrected chi connectivity index (χ0v) is 17.2. The van der Waals surface area contributed by atoms with Gasteiger partial charge in [-0.1, -0.05) is 23.8 Å². The lowest BCUT2D eigenvalue weighted by Crippen LogP contribution is -2.20. The van der Waals surface area contributed by atoms with Crippen LogP contribution in [-0.4, -0.2) is 21.0 Å². The van der Waals surface area contributed by atoms with Crippen LogP contribution < -0.4 is 15.4 Å². The topological polar surface area (TPSA) is 89.0 Å². The summed E-state index contributed by atoms with van der Waals surface area (Å²) in [6, 6.07) is 14.4. The molecule has 0 bridgehead atoms. The van der Waals surface area contributed by atoms with Crippen molar-refractivity contribution >= 4 is 29.0 Å². The van der Waals surface area contributed by atoms with Gasteiger partial charge >= 0.3 is 6.03 Å². The summed E-state index contributed by atoms with van der Waals surface area (Å²) in [5.41, 5.74) is 3.12. The summed E-state index contributed by atoms with van der Waals surface area (Å²) in [7, 11) is 0. The van der Waals surface area contributed by atoms with E-state index in [1.54, 1.807) is 36.0 Å². The molecule has 0 atom stereocenters. The van der Waals surface area contributed by atoms with Crippen molar-refractivity contribution in [1.82, 2.24) is 15.0 Å². The molecule has 150 valence electrons. The van der Waals surface area contributed by atoms with Gasteiger partial charge in [-0.2, -0.15) is 4.98 Å². The molecule has 0 radical (unpaired) electrons. The summed E-state index contributed by atoms with van der Waals surface area (Å²) in [5.74, 6) is 1.96. The number of nitrogens with zero attached hydrogens (tertiary/aromatic N) is 3. The Hall–Kier alpha value is -3.78. The molecule has 2 N–H and O–H groups in total. The Labute approximate surface area is 177 Å². The highest BCUT2D eigenvalue weighted by Crippen LogP contribution is 2.26. The van der Waals surface area contributed by atoms with Gasteiger partial charge in [0.05, 0.1) is 0 Å². The van der Waals surface area contributed by atoms with Crippen LogP contribution in [0.1, 0.15) is 11.1 Å². The van der Waals surface area contributed by atoms with Crippen LogP contribution in [0.4, 0.5) is 16.4 Å². The van der Waals surface area contributed by atoms with E-state index in [0.717, 1.165) is 27.4 Å². The average molecular weight is 417 g/mol. The maximum Gasteiger partial charge on any atom is 0.326 e. The number of urea groups is 1. The minimum absolute atomic E-state index is 0.374. The Morgan fingerprint density at radius 2 is 1.77 bits per heavy atom. The smallest absolute Gasteiger partial charge is 0.326 e. The van der Waals surface area contributed by atoms with Gasteiger partial charge in [0.25, 0.3) is 0 Å². The summed E-state index contributed by atoms with van der Waals surface area (Å²) in [6.45, 7) is 4.01. The Kier molecular flexibility index (Phi) is 5.67. The normalized spacial score (nSPS) is 10.5. The van der Waals surface area contributed by atoms with E-state index >= 15 is 0 Å². The molecule has 3 aromatic heterocycles. The first-order chi connectivity index (χ1) is 14.6. The van der Waals surface area contributed by atoms with Gasteiger partial charge < -0.3 is 4.74 Å². The second kappa shape index (κ2) is 8.71. The zero-order valence-electron chi connectivity index (χ0n) is 16.4. The van der Waals surface area contributed by atoms with Gasteiger partial charge in [0.1, 0.15) is 22.4 Å². The largest absolute Gasteiger partial charge is 0.439 e. The highest BCUT2D eigenvalue weighted by atomic mass is 32.1. The number of anilines is 2. The van der Waals surface area contributed by atoms with Crippen molar-refractivity contribution in [2.24, 2.45) is 0 Å². The van der Waals surface area contributed by atoms with Crippen LogP contribution in [0, 0.1) is 13.8 Å². The highest BCUT2D eigenvalue weighted by Gasteiger charge is 2.10. The van der Waals surface area contributed by atoms with Gasteiger partial charge in [-0.3, -0.25) is 15.6 Å². The first-order valence-corrected chi connectivity index (χ1v) is 10.1. The van der Waals surface area contributed by atoms with Crippen LogP contribution in [0.25, 0.3) is 10.6 Å². The summed E-state index contributed by atoms with van der Waals surface area (Å²) in [6.07, 6.45) is 3.41. The number of thiazole rings is 1. The number of carbonyl (C=O) groups is 1. The average Bonchev–Trinajstić information content (AvgIpc) is 3.19. The molecule has 0 saturated carbocycles. The van der Waals surface area contributed by atoms with Crippen LogP contribution in [0.2, 0.25) is 0 Å². The fourth-order valence-corrected chi connectivity index (χ4v) is 3.55. The third kappa shape index (κ3) is 4.79. The number of carbonyl (C=O) groups excluding carboxylic acids is 1. The van der Waals surface area contributed by atoms with Crippen molar-refractivity contribution in [3.05, 3.63) is 77.4 Å². The number of aryl methyl sites for hydroxylation is 2. The zero-order chi connectivity index (χ0) is 20.9. The quantitative estimate of drug-likeness (QED) is 0.438. The number of benzene rings is 1. The molecule has 3 heterocycles. The van der Waals surface area contributed by atoms with E-state index in [4.69, 9.17) is 4.74 Å². The molecule has 2 amide bonds. The molecule has 0 aliphatic rings. The minimum atomic E-state index is -0.433. The van der Waals surface area contributed by atoms with Crippen LogP contribution >= 0.6 is 11.3 Å². The summed E-state index contributed by atoms with van der Waals surface area (Å²) in [5, 5.41) is 8.00. The van der Waals surface area contributed by atoms with E-state index in [1.807, 2.05) is 44.2 Å². The number of aromatic nitrogens is 3. The fraction of sp³-hybridized carbons (Fsp3) is 0.0909. The highest BCUT2D eigenvalue weighted by molar-refractivity contribution is 7.13. The van der Waals surface area contributed by atoms with Crippen LogP contribution in [0.5, 0.6) is 11.6 Å². The second-order valence-electron chi connectivity index (χ2n) is 6.58. The molecule has 0 aliphatic heterocycles. The Morgan fingerprint density at radius 1 is 0.967 bits per heavy atom. The predicted molar refractivity (Wildman–Crippen MR) is 118 cm³/mol. The van der Waals surface area contributed by atoms with E-state index in [2.05, 4.69) is 25.6 Å². The molecule has 1 aromatic carbocycles. The van der Waals surface area contributed by atoms with E-state index in [1.165, 1.54) is 11.3 Å². The standard InChI is InChI=1S/C22H19N5O2S/c1-14-6-7-17(15(2)12-14)29-20-5-3-4-18(24-20)26-22(28)27-19-13-30-21(25-19)16-8-10-23-11-9-16/h3-13H,1-2H3,(H2,24,26,27,28). The van der Waals surface area contributed by atoms with Gasteiger partial charge in [0.2, 0.25) is 5.88 Å². The van der Waals surface area contributed by atoms with Gasteiger partial charge in [-0.25, -0.2) is 9.78 Å². The number of pyridine rings is 2. The summed E-state index contributed by atoms with van der Waals surface area (Å²) in [4.78, 5) is 25.1. The Bertz CT molecular complexity index is 1180. The van der Waals surface area contributed by atoms with Gasteiger partial charge in [-0.05, 0) is 43.7 Å². The van der Waals surface area contributed by atoms with E-state index in [-0.39, 0.29) is 0 Å². The monoisotopic (exact) mass is 417 g/mol. The number of hydrogen-bond acceptors (Lipinski definition) is 6. The van der Waals surface area contributed by atoms with Gasteiger partial charge in [-0.15, -0.1) is 11.3 Å². The van der Waals surface area contributed by atoms with Crippen molar-refractivity contribution in [2.45, 2.75) is 13.8 Å². The minimum Gasteiger partial charge on any atom is -0.439 e. The molecular weight excluding hydrogens is 398 g/mol. The number of nitrogens with one attached hydrogen (secondary N) is 2. The maximum atomic E-state index is 12.3. The lowest BCUT2D eigenvalue weighted by atomic mass is 10.1. The fourth-order valence-electron chi connectivity index (χ4n) is 2.79. The molecule has 8 heteroatoms. The van der Waals surface area contributed by atoms with Gasteiger partial charge in [0, 0.05) is 29.4 Å². The molecule has 7 nitrogen and oxygen atoms in total. The number of ether oxygens (including phenoxy) is 1. The third-order valence-electron chi connectivity index (χ3n) is 4.18. The van der Waals surface area contributed by atoms with E-state index < -0.39 is 6.03 Å². The Morgan fingerprint density at radius 3 is 2.57 bits per heavy atom. The van der Waals surface area contributed by atoms with Crippen LogP contribution in [-0.2, 0) is 0 Å². The van der Waals surface area contributed by atoms with Crippen molar-refractivity contribution in [1.29, 1.82) is 0 Å². The van der Waals surface area contributed by atoms with E-state index in [0.29, 0.717) is 17.5 Å². The van der Waals surface area contributed by atoms with Crippen molar-refractivity contribution in [2.75, 3.05) is 10.6 Å². The molecule has 4 rings (SSSR count). The Balaban J connectivity index is 1.40. The number of rotatable bonds is 5. The lowest BCUT2D eigenvalue weighted by molar-refractivity contribution is 0.262. The van der Waals surface area contributed by atoms with Crippen molar-refractivity contribution in [3.8, 4) is 22.2 Å². The van der Waals surface area contributed by atoms with Crippen LogP contribution in [0.15, 0.2) is 66.3 Å². The van der Waals surface area contributed by atoms with Crippen LogP contribution in [0.3, 0.4) is 0 Å². The summed E-state index contributed by atoms with van der Waals surface area (Å²) < 4.78 is 5.86. The molecule has 0 unspecified atom stereocenters. The third-order valence-corrected chi connectivity index (χ3v) is 5.07. The molecule has 0 saturated heterocycles. The SMILES string of the molecule is Cc1ccc(Oc2cccc(NC(=O)Nc3csc(-c4ccncc4)n3)n2)c(C)c1. The number of hydrogen-bond donors (Lipinski definition) is 2. The van der Waals surface area contributed by atoms with Crippen molar-refractivity contribution in [3.63, 3.8) is 0 Å². The van der Waals surface area contributed by atoms with Crippen molar-refractivity contribution < 1.29 is 9.53 Å². The van der Waals surface area contributed by atoms with E-state index in [9.17, 15) is 4.79 Å². The maximum absolute atomic E-state index is 12.3. The molecule has 0 aliphatic carbocycles. The molecule has 30 heavy (non-hydrogen) atoms. The molecule has 4 aromatic rings. The molecular formula is C22H19N5O2S. The first kappa shape index (κ1) is 19.5. The second-order valence-corrected chi connectivity index (χ2v) is 7.44. The lowest BCUT2D eigenvalue weighted by Gasteiger charge is -2.10.